The second-order valence-corrected chi connectivity index (χ2v) is 9.26. The summed E-state index contributed by atoms with van der Waals surface area (Å²) in [5.41, 5.74) is 1.77. The number of benzene rings is 2. The van der Waals surface area contributed by atoms with E-state index in [1.807, 2.05) is 12.1 Å². The van der Waals surface area contributed by atoms with Crippen LogP contribution in [0.5, 0.6) is 11.5 Å². The maximum Gasteiger partial charge on any atom is 0.298 e. The van der Waals surface area contributed by atoms with E-state index in [1.165, 1.54) is 32.6 Å². The molecule has 1 fully saturated rings. The SMILES string of the molecule is CCCCCCCCOc1ccc(/C=C2\SC(=O)N(c3ccc(NC(C)=O)cc3)C2=O)cc1OC. The molecule has 0 atom stereocenters. The molecule has 0 aromatic heterocycles. The highest BCUT2D eigenvalue weighted by molar-refractivity contribution is 8.19. The molecule has 35 heavy (non-hydrogen) atoms. The van der Waals surface area contributed by atoms with Crippen LogP contribution in [0.15, 0.2) is 47.4 Å². The molecule has 8 heteroatoms. The number of methoxy groups -OCH3 is 1. The van der Waals surface area contributed by atoms with E-state index in [-0.39, 0.29) is 11.1 Å². The van der Waals surface area contributed by atoms with Gasteiger partial charge in [0.15, 0.2) is 11.5 Å². The fraction of sp³-hybridized carbons (Fsp3) is 0.370. The van der Waals surface area contributed by atoms with Crippen LogP contribution in [0.25, 0.3) is 6.08 Å². The first-order chi connectivity index (χ1) is 16.9. The minimum atomic E-state index is -0.394. The molecular formula is C27H32N2O5S. The van der Waals surface area contributed by atoms with Crippen LogP contribution >= 0.6 is 11.8 Å². The van der Waals surface area contributed by atoms with Crippen molar-refractivity contribution in [2.75, 3.05) is 23.9 Å². The van der Waals surface area contributed by atoms with Crippen LogP contribution in [0.4, 0.5) is 16.2 Å². The van der Waals surface area contributed by atoms with E-state index >= 15 is 0 Å². The Kier molecular flexibility index (Phi) is 9.78. The quantitative estimate of drug-likeness (QED) is 0.262. The van der Waals surface area contributed by atoms with E-state index in [9.17, 15) is 14.4 Å². The molecule has 7 nitrogen and oxygen atoms in total. The molecule has 0 radical (unpaired) electrons. The zero-order valence-corrected chi connectivity index (χ0v) is 21.3. The fourth-order valence-electron chi connectivity index (χ4n) is 3.70. The third-order valence-corrected chi connectivity index (χ3v) is 6.35. The summed E-state index contributed by atoms with van der Waals surface area (Å²) in [6, 6.07) is 12.0. The van der Waals surface area contributed by atoms with Crippen LogP contribution in [0.3, 0.4) is 0 Å². The van der Waals surface area contributed by atoms with Crippen LogP contribution in [0.2, 0.25) is 0 Å². The monoisotopic (exact) mass is 496 g/mol. The molecule has 2 aromatic rings. The number of hydrogen-bond acceptors (Lipinski definition) is 6. The summed E-state index contributed by atoms with van der Waals surface area (Å²) in [6.07, 6.45) is 8.82. The Morgan fingerprint density at radius 1 is 1.00 bits per heavy atom. The topological polar surface area (TPSA) is 84.9 Å². The maximum absolute atomic E-state index is 13.0. The van der Waals surface area contributed by atoms with E-state index in [4.69, 9.17) is 9.47 Å². The molecule has 1 heterocycles. The summed E-state index contributed by atoms with van der Waals surface area (Å²) in [4.78, 5) is 38.2. The molecule has 186 valence electrons. The molecule has 1 aliphatic rings. The first-order valence-corrected chi connectivity index (χ1v) is 12.7. The molecule has 1 aliphatic heterocycles. The normalized spacial score (nSPS) is 14.5. The number of nitrogens with one attached hydrogen (secondary N) is 1. The molecule has 0 aliphatic carbocycles. The number of nitrogens with zero attached hydrogens (tertiary/aromatic N) is 1. The number of rotatable bonds is 12. The van der Waals surface area contributed by atoms with Gasteiger partial charge in [-0.3, -0.25) is 14.4 Å². The number of imide groups is 1. The number of anilines is 2. The van der Waals surface area contributed by atoms with Crippen LogP contribution in [-0.4, -0.2) is 30.8 Å². The molecule has 0 spiro atoms. The summed E-state index contributed by atoms with van der Waals surface area (Å²) in [7, 11) is 1.58. The van der Waals surface area contributed by atoms with Crippen molar-refractivity contribution in [1.29, 1.82) is 0 Å². The van der Waals surface area contributed by atoms with Crippen molar-refractivity contribution >= 4 is 46.3 Å². The van der Waals surface area contributed by atoms with Gasteiger partial charge < -0.3 is 14.8 Å². The molecule has 2 aromatic carbocycles. The lowest BCUT2D eigenvalue weighted by Crippen LogP contribution is -2.27. The highest BCUT2D eigenvalue weighted by Gasteiger charge is 2.36. The van der Waals surface area contributed by atoms with Gasteiger partial charge in [0.2, 0.25) is 5.91 Å². The Bertz CT molecular complexity index is 1080. The first kappa shape index (κ1) is 26.3. The lowest BCUT2D eigenvalue weighted by atomic mass is 10.1. The fourth-order valence-corrected chi connectivity index (χ4v) is 4.54. The Morgan fingerprint density at radius 3 is 2.40 bits per heavy atom. The van der Waals surface area contributed by atoms with E-state index in [2.05, 4.69) is 12.2 Å². The van der Waals surface area contributed by atoms with Gasteiger partial charge in [-0.05, 0) is 66.2 Å². The van der Waals surface area contributed by atoms with E-state index in [0.29, 0.717) is 34.4 Å². The smallest absolute Gasteiger partial charge is 0.298 e. The van der Waals surface area contributed by atoms with Gasteiger partial charge in [-0.2, -0.15) is 0 Å². The number of unbranched alkanes of at least 4 members (excludes halogenated alkanes) is 5. The Balaban J connectivity index is 1.65. The molecule has 0 saturated carbocycles. The average molecular weight is 497 g/mol. The Morgan fingerprint density at radius 2 is 1.71 bits per heavy atom. The van der Waals surface area contributed by atoms with Crippen molar-refractivity contribution in [3.8, 4) is 11.5 Å². The van der Waals surface area contributed by atoms with Crippen molar-refractivity contribution in [3.63, 3.8) is 0 Å². The van der Waals surface area contributed by atoms with Gasteiger partial charge >= 0.3 is 0 Å². The number of carbonyl (C=O) groups is 3. The molecular weight excluding hydrogens is 464 g/mol. The molecule has 3 amide bonds. The van der Waals surface area contributed by atoms with Gasteiger partial charge in [-0.1, -0.05) is 45.1 Å². The number of carbonyl (C=O) groups excluding carboxylic acids is 3. The van der Waals surface area contributed by atoms with Crippen molar-refractivity contribution in [2.24, 2.45) is 0 Å². The zero-order valence-electron chi connectivity index (χ0n) is 20.5. The molecule has 1 saturated heterocycles. The molecule has 0 bridgehead atoms. The standard InChI is InChI=1S/C27H32N2O5S/c1-4-5-6-7-8-9-16-34-23-15-10-20(17-24(23)33-3)18-25-26(31)29(27(32)35-25)22-13-11-21(12-14-22)28-19(2)30/h10-15,17-18H,4-9,16H2,1-3H3,(H,28,30)/b25-18-. The highest BCUT2D eigenvalue weighted by Crippen LogP contribution is 2.37. The number of ether oxygens (including phenoxy) is 2. The molecule has 0 unspecified atom stereocenters. The third kappa shape index (κ3) is 7.36. The largest absolute Gasteiger partial charge is 0.493 e. The molecule has 1 N–H and O–H groups in total. The third-order valence-electron chi connectivity index (χ3n) is 5.48. The van der Waals surface area contributed by atoms with Crippen LogP contribution in [0.1, 0.15) is 57.9 Å². The predicted octanol–water partition coefficient (Wildman–Crippen LogP) is 6.63. The summed E-state index contributed by atoms with van der Waals surface area (Å²) in [5.74, 6) is 0.652. The number of hydrogen-bond donors (Lipinski definition) is 1. The van der Waals surface area contributed by atoms with Crippen molar-refractivity contribution in [3.05, 3.63) is 52.9 Å². The van der Waals surface area contributed by atoms with Gasteiger partial charge in [0.25, 0.3) is 11.1 Å². The van der Waals surface area contributed by atoms with Gasteiger partial charge in [0.05, 0.1) is 24.3 Å². The summed E-state index contributed by atoms with van der Waals surface area (Å²) >= 11 is 0.886. The van der Waals surface area contributed by atoms with Crippen molar-refractivity contribution < 1.29 is 23.9 Å². The second-order valence-electron chi connectivity index (χ2n) is 8.27. The van der Waals surface area contributed by atoms with Crippen LogP contribution < -0.4 is 19.7 Å². The average Bonchev–Trinajstić information content (AvgIpc) is 3.11. The first-order valence-electron chi connectivity index (χ1n) is 11.9. The summed E-state index contributed by atoms with van der Waals surface area (Å²) in [5, 5.41) is 2.29. The van der Waals surface area contributed by atoms with Crippen molar-refractivity contribution in [1.82, 2.24) is 0 Å². The van der Waals surface area contributed by atoms with Gasteiger partial charge in [0.1, 0.15) is 0 Å². The predicted molar refractivity (Wildman–Crippen MR) is 141 cm³/mol. The van der Waals surface area contributed by atoms with E-state index < -0.39 is 5.91 Å². The van der Waals surface area contributed by atoms with Gasteiger partial charge in [-0.15, -0.1) is 0 Å². The minimum Gasteiger partial charge on any atom is -0.493 e. The summed E-state index contributed by atoms with van der Waals surface area (Å²) in [6.45, 7) is 4.25. The van der Waals surface area contributed by atoms with Crippen LogP contribution in [0, 0.1) is 0 Å². The lowest BCUT2D eigenvalue weighted by Gasteiger charge is -2.13. The number of amides is 3. The minimum absolute atomic E-state index is 0.193. The Labute approximate surface area is 210 Å². The summed E-state index contributed by atoms with van der Waals surface area (Å²) < 4.78 is 11.4. The van der Waals surface area contributed by atoms with Gasteiger partial charge in [0, 0.05) is 12.6 Å². The van der Waals surface area contributed by atoms with Crippen LogP contribution in [-0.2, 0) is 9.59 Å². The maximum atomic E-state index is 13.0. The number of thioether (sulfide) groups is 1. The second kappa shape index (κ2) is 13.0. The highest BCUT2D eigenvalue weighted by atomic mass is 32.2. The van der Waals surface area contributed by atoms with Crippen molar-refractivity contribution in [2.45, 2.75) is 52.4 Å². The van der Waals surface area contributed by atoms with E-state index in [1.54, 1.807) is 43.5 Å². The zero-order chi connectivity index (χ0) is 25.2. The van der Waals surface area contributed by atoms with Gasteiger partial charge in [-0.25, -0.2) is 4.90 Å². The lowest BCUT2D eigenvalue weighted by molar-refractivity contribution is -0.114. The van der Waals surface area contributed by atoms with E-state index in [0.717, 1.165) is 35.1 Å². The molecule has 3 rings (SSSR count). The Hall–Kier alpha value is -3.26.